The third-order valence-electron chi connectivity index (χ3n) is 3.86. The van der Waals surface area contributed by atoms with E-state index >= 15 is 0 Å². The number of carboxylic acids is 1. The average Bonchev–Trinajstić information content (AvgIpc) is 2.46. The molecular formula is C14H17F2NO5S. The summed E-state index contributed by atoms with van der Waals surface area (Å²) in [5.41, 5.74) is -1.84. The van der Waals surface area contributed by atoms with E-state index < -0.39 is 34.6 Å². The topological polar surface area (TPSA) is 83.9 Å². The fourth-order valence-electron chi connectivity index (χ4n) is 2.51. The molecular weight excluding hydrogens is 332 g/mol. The maximum Gasteiger partial charge on any atom is 0.335 e. The van der Waals surface area contributed by atoms with Crippen molar-refractivity contribution in [2.45, 2.75) is 30.7 Å². The Labute approximate surface area is 132 Å². The van der Waals surface area contributed by atoms with Gasteiger partial charge in [0.1, 0.15) is 5.54 Å². The number of sulfonamides is 1. The number of aromatic carboxylic acids is 1. The summed E-state index contributed by atoms with van der Waals surface area (Å²) in [6.07, 6.45) is -2.92. The first-order valence-corrected chi connectivity index (χ1v) is 8.27. The highest BCUT2D eigenvalue weighted by Gasteiger charge is 2.49. The first-order valence-electron chi connectivity index (χ1n) is 6.83. The van der Waals surface area contributed by atoms with Crippen LogP contribution in [0.1, 0.15) is 22.8 Å². The van der Waals surface area contributed by atoms with Gasteiger partial charge in [-0.1, -0.05) is 0 Å². The van der Waals surface area contributed by atoms with Crippen LogP contribution in [0.4, 0.5) is 8.78 Å². The SMILES string of the molecule is Cc1cc(C(=O)O)ccc1S(=O)(=O)N1CCOCC1(C)C(F)F. The van der Waals surface area contributed by atoms with Gasteiger partial charge in [0, 0.05) is 6.54 Å². The summed E-state index contributed by atoms with van der Waals surface area (Å²) in [5.74, 6) is -1.19. The quantitative estimate of drug-likeness (QED) is 0.895. The molecule has 0 aromatic heterocycles. The molecule has 0 bridgehead atoms. The van der Waals surface area contributed by atoms with Gasteiger partial charge in [-0.3, -0.25) is 0 Å². The van der Waals surface area contributed by atoms with Crippen molar-refractivity contribution in [3.8, 4) is 0 Å². The average molecular weight is 349 g/mol. The van der Waals surface area contributed by atoms with Gasteiger partial charge in [-0.2, -0.15) is 4.31 Å². The normalized spacial score (nSPS) is 23.2. The van der Waals surface area contributed by atoms with Crippen LogP contribution in [0.15, 0.2) is 23.1 Å². The molecule has 0 radical (unpaired) electrons. The fourth-order valence-corrected chi connectivity index (χ4v) is 4.45. The van der Waals surface area contributed by atoms with E-state index in [2.05, 4.69) is 0 Å². The molecule has 1 unspecified atom stereocenters. The van der Waals surface area contributed by atoms with Gasteiger partial charge in [0.15, 0.2) is 0 Å². The summed E-state index contributed by atoms with van der Waals surface area (Å²) in [6.45, 7) is 1.99. The van der Waals surface area contributed by atoms with E-state index in [4.69, 9.17) is 9.84 Å². The third-order valence-corrected chi connectivity index (χ3v) is 6.06. The van der Waals surface area contributed by atoms with Crippen LogP contribution in [-0.4, -0.2) is 55.5 Å². The number of morpholine rings is 1. The third kappa shape index (κ3) is 3.08. The molecule has 6 nitrogen and oxygen atoms in total. The van der Waals surface area contributed by atoms with Gasteiger partial charge < -0.3 is 9.84 Å². The maximum atomic E-state index is 13.4. The standard InChI is InChI=1S/C14H17F2NO5S/c1-9-7-10(12(18)19)3-4-11(9)23(20,21)17-5-6-22-8-14(17,2)13(15)16/h3-4,7,13H,5-6,8H2,1-2H3,(H,18,19). The lowest BCUT2D eigenvalue weighted by molar-refractivity contribution is -0.0941. The highest BCUT2D eigenvalue weighted by molar-refractivity contribution is 7.89. The molecule has 1 aliphatic heterocycles. The number of aryl methyl sites for hydroxylation is 1. The summed E-state index contributed by atoms with van der Waals surface area (Å²) in [5, 5.41) is 8.93. The molecule has 1 aromatic carbocycles. The summed E-state index contributed by atoms with van der Waals surface area (Å²) in [6, 6.07) is 3.48. The number of carbonyl (C=O) groups is 1. The smallest absolute Gasteiger partial charge is 0.335 e. The van der Waals surface area contributed by atoms with Crippen molar-refractivity contribution in [2.75, 3.05) is 19.8 Å². The van der Waals surface area contributed by atoms with Gasteiger partial charge >= 0.3 is 5.97 Å². The van der Waals surface area contributed by atoms with Gasteiger partial charge in [-0.15, -0.1) is 0 Å². The number of hydrogen-bond donors (Lipinski definition) is 1. The molecule has 1 heterocycles. The number of halogens is 2. The van der Waals surface area contributed by atoms with E-state index in [1.807, 2.05) is 0 Å². The Kier molecular flexibility index (Phi) is 4.74. The first-order chi connectivity index (χ1) is 10.6. The summed E-state index contributed by atoms with van der Waals surface area (Å²) in [4.78, 5) is 10.7. The predicted molar refractivity (Wildman–Crippen MR) is 77.3 cm³/mol. The number of alkyl halides is 2. The molecule has 0 spiro atoms. The van der Waals surface area contributed by atoms with Crippen LogP contribution in [0.25, 0.3) is 0 Å². The second-order valence-electron chi connectivity index (χ2n) is 5.57. The lowest BCUT2D eigenvalue weighted by Crippen LogP contribution is -2.61. The minimum atomic E-state index is -4.21. The Morgan fingerprint density at radius 2 is 2.09 bits per heavy atom. The van der Waals surface area contributed by atoms with Crippen LogP contribution in [-0.2, 0) is 14.8 Å². The number of nitrogens with zero attached hydrogens (tertiary/aromatic N) is 1. The van der Waals surface area contributed by atoms with Crippen LogP contribution < -0.4 is 0 Å². The first kappa shape index (κ1) is 17.8. The van der Waals surface area contributed by atoms with Crippen LogP contribution in [0.2, 0.25) is 0 Å². The van der Waals surface area contributed by atoms with Crippen molar-refractivity contribution in [3.05, 3.63) is 29.3 Å². The number of benzene rings is 1. The fraction of sp³-hybridized carbons (Fsp3) is 0.500. The molecule has 0 saturated carbocycles. The minimum Gasteiger partial charge on any atom is -0.478 e. The summed E-state index contributed by atoms with van der Waals surface area (Å²) < 4.78 is 58.2. The Balaban J connectivity index is 2.51. The minimum absolute atomic E-state index is 0.0216. The molecule has 1 N–H and O–H groups in total. The van der Waals surface area contributed by atoms with Crippen molar-refractivity contribution in [3.63, 3.8) is 0 Å². The van der Waals surface area contributed by atoms with E-state index in [0.717, 1.165) is 23.4 Å². The second kappa shape index (κ2) is 6.14. The van der Waals surface area contributed by atoms with Crippen molar-refractivity contribution in [2.24, 2.45) is 0 Å². The van der Waals surface area contributed by atoms with Crippen LogP contribution >= 0.6 is 0 Å². The predicted octanol–water partition coefficient (Wildman–Crippen LogP) is 1.74. The highest BCUT2D eigenvalue weighted by atomic mass is 32.2. The van der Waals surface area contributed by atoms with E-state index in [1.54, 1.807) is 0 Å². The Morgan fingerprint density at radius 3 is 2.61 bits per heavy atom. The van der Waals surface area contributed by atoms with E-state index in [0.29, 0.717) is 0 Å². The van der Waals surface area contributed by atoms with Crippen molar-refractivity contribution in [1.82, 2.24) is 4.31 Å². The summed E-state index contributed by atoms with van der Waals surface area (Å²) in [7, 11) is -4.21. The lowest BCUT2D eigenvalue weighted by atomic mass is 10.0. The molecule has 2 rings (SSSR count). The van der Waals surface area contributed by atoms with Gasteiger partial charge in [0.05, 0.1) is 23.7 Å². The van der Waals surface area contributed by atoms with Crippen LogP contribution in [0.3, 0.4) is 0 Å². The Morgan fingerprint density at radius 1 is 1.43 bits per heavy atom. The van der Waals surface area contributed by atoms with Gasteiger partial charge in [-0.25, -0.2) is 22.0 Å². The summed E-state index contributed by atoms with van der Waals surface area (Å²) >= 11 is 0. The number of carboxylic acid groups (broad SMARTS) is 1. The molecule has 0 amide bonds. The van der Waals surface area contributed by atoms with E-state index in [9.17, 15) is 22.0 Å². The molecule has 1 aromatic rings. The molecule has 0 aliphatic carbocycles. The Bertz CT molecular complexity index is 722. The largest absolute Gasteiger partial charge is 0.478 e. The molecule has 1 saturated heterocycles. The lowest BCUT2D eigenvalue weighted by Gasteiger charge is -2.42. The van der Waals surface area contributed by atoms with Crippen LogP contribution in [0, 0.1) is 6.92 Å². The number of ether oxygens (including phenoxy) is 1. The second-order valence-corrected chi connectivity index (χ2v) is 7.40. The van der Waals surface area contributed by atoms with Gasteiger partial charge in [-0.05, 0) is 37.6 Å². The van der Waals surface area contributed by atoms with E-state index in [-0.39, 0.29) is 29.2 Å². The van der Waals surface area contributed by atoms with E-state index in [1.165, 1.54) is 13.0 Å². The molecule has 23 heavy (non-hydrogen) atoms. The van der Waals surface area contributed by atoms with Crippen LogP contribution in [0.5, 0.6) is 0 Å². The van der Waals surface area contributed by atoms with Crippen molar-refractivity contribution in [1.29, 1.82) is 0 Å². The molecule has 1 atom stereocenters. The van der Waals surface area contributed by atoms with Gasteiger partial charge in [0.25, 0.3) is 6.43 Å². The monoisotopic (exact) mass is 349 g/mol. The highest BCUT2D eigenvalue weighted by Crippen LogP contribution is 2.33. The van der Waals surface area contributed by atoms with Gasteiger partial charge in [0.2, 0.25) is 10.0 Å². The Hall–Kier alpha value is -1.58. The molecule has 128 valence electrons. The van der Waals surface area contributed by atoms with Crippen molar-refractivity contribution >= 4 is 16.0 Å². The molecule has 1 fully saturated rings. The van der Waals surface area contributed by atoms with Crippen molar-refractivity contribution < 1.29 is 31.8 Å². The maximum absolute atomic E-state index is 13.4. The molecule has 9 heteroatoms. The number of hydrogen-bond acceptors (Lipinski definition) is 4. The zero-order valence-electron chi connectivity index (χ0n) is 12.6. The number of rotatable bonds is 4. The molecule has 1 aliphatic rings. The zero-order chi connectivity index (χ0) is 17.4. The zero-order valence-corrected chi connectivity index (χ0v) is 13.4.